The second-order valence-corrected chi connectivity index (χ2v) is 10.7. The standard InChI is InChI=1S/C22H28N4O2S2/c1-13(2)19-23-21-18(15-10-6-7-11-16(15)30-21)20-24-25-22(26(19)20)29-12-17(27)28-14-8-4-3-5-9-14/h13-14H,3-12H2,1-2H3. The summed E-state index contributed by atoms with van der Waals surface area (Å²) in [6.07, 6.45) is 10.4. The zero-order valence-corrected chi connectivity index (χ0v) is 19.3. The van der Waals surface area contributed by atoms with Crippen LogP contribution in [-0.2, 0) is 22.4 Å². The minimum absolute atomic E-state index is 0.0897. The van der Waals surface area contributed by atoms with Crippen LogP contribution in [0.25, 0.3) is 15.9 Å². The number of thiophene rings is 1. The zero-order valence-electron chi connectivity index (χ0n) is 17.6. The van der Waals surface area contributed by atoms with E-state index in [0.717, 1.165) is 60.0 Å². The highest BCUT2D eigenvalue weighted by atomic mass is 32.2. The molecule has 0 amide bonds. The van der Waals surface area contributed by atoms with Gasteiger partial charge in [-0.15, -0.1) is 21.5 Å². The Balaban J connectivity index is 1.46. The molecule has 3 aromatic rings. The molecular formula is C22H28N4O2S2. The van der Waals surface area contributed by atoms with E-state index < -0.39 is 0 Å². The van der Waals surface area contributed by atoms with E-state index >= 15 is 0 Å². The first kappa shape index (κ1) is 20.2. The average molecular weight is 445 g/mol. The van der Waals surface area contributed by atoms with E-state index in [0.29, 0.717) is 0 Å². The Kier molecular flexibility index (Phi) is 5.71. The van der Waals surface area contributed by atoms with Crippen LogP contribution in [0.5, 0.6) is 0 Å². The summed E-state index contributed by atoms with van der Waals surface area (Å²) in [6.45, 7) is 4.29. The van der Waals surface area contributed by atoms with Gasteiger partial charge in [0.2, 0.25) is 0 Å². The summed E-state index contributed by atoms with van der Waals surface area (Å²) in [4.78, 5) is 20.0. The van der Waals surface area contributed by atoms with Crippen LogP contribution in [-0.4, -0.2) is 37.4 Å². The van der Waals surface area contributed by atoms with Crippen molar-refractivity contribution in [2.75, 3.05) is 5.75 Å². The number of carbonyl (C=O) groups is 1. The molecule has 5 rings (SSSR count). The van der Waals surface area contributed by atoms with Gasteiger partial charge in [0, 0.05) is 10.8 Å². The van der Waals surface area contributed by atoms with E-state index in [4.69, 9.17) is 9.72 Å². The molecule has 8 heteroatoms. The van der Waals surface area contributed by atoms with E-state index in [2.05, 4.69) is 28.4 Å². The number of carbonyl (C=O) groups excluding carboxylic acids is 1. The summed E-state index contributed by atoms with van der Waals surface area (Å²) < 4.78 is 7.76. The molecule has 2 aliphatic carbocycles. The molecule has 30 heavy (non-hydrogen) atoms. The first-order chi connectivity index (χ1) is 14.6. The molecule has 0 spiro atoms. The molecule has 1 fully saturated rings. The van der Waals surface area contributed by atoms with Crippen LogP contribution in [0.2, 0.25) is 0 Å². The molecule has 0 radical (unpaired) electrons. The van der Waals surface area contributed by atoms with Crippen molar-refractivity contribution in [2.24, 2.45) is 0 Å². The highest BCUT2D eigenvalue weighted by Crippen LogP contribution is 2.39. The maximum atomic E-state index is 12.4. The molecule has 6 nitrogen and oxygen atoms in total. The Labute approximate surface area is 184 Å². The van der Waals surface area contributed by atoms with Gasteiger partial charge in [0.15, 0.2) is 10.8 Å². The summed E-state index contributed by atoms with van der Waals surface area (Å²) in [5.41, 5.74) is 2.31. The van der Waals surface area contributed by atoms with E-state index in [1.807, 2.05) is 11.3 Å². The molecule has 1 saturated carbocycles. The van der Waals surface area contributed by atoms with Crippen LogP contribution in [0, 0.1) is 0 Å². The second kappa shape index (κ2) is 8.46. The van der Waals surface area contributed by atoms with Crippen LogP contribution in [0.15, 0.2) is 5.16 Å². The SMILES string of the molecule is CC(C)c1nc2sc3c(c2c2nnc(SCC(=O)OC4CCCCC4)n12)CCCC3. The highest BCUT2D eigenvalue weighted by Gasteiger charge is 2.25. The first-order valence-corrected chi connectivity index (χ1v) is 12.9. The Morgan fingerprint density at radius 1 is 1.17 bits per heavy atom. The fraction of sp³-hybridized carbons (Fsp3) is 0.636. The van der Waals surface area contributed by atoms with Gasteiger partial charge < -0.3 is 4.74 Å². The lowest BCUT2D eigenvalue weighted by Crippen LogP contribution is -2.22. The van der Waals surface area contributed by atoms with Gasteiger partial charge in [-0.3, -0.25) is 9.20 Å². The lowest BCUT2D eigenvalue weighted by Gasteiger charge is -2.21. The molecule has 0 bridgehead atoms. The molecule has 0 N–H and O–H groups in total. The number of aryl methyl sites for hydroxylation is 2. The lowest BCUT2D eigenvalue weighted by molar-refractivity contribution is -0.147. The van der Waals surface area contributed by atoms with E-state index in [1.54, 1.807) is 0 Å². The van der Waals surface area contributed by atoms with E-state index in [1.165, 1.54) is 46.9 Å². The topological polar surface area (TPSA) is 69.4 Å². The van der Waals surface area contributed by atoms with E-state index in [9.17, 15) is 4.79 Å². The smallest absolute Gasteiger partial charge is 0.316 e. The van der Waals surface area contributed by atoms with Crippen molar-refractivity contribution in [3.05, 3.63) is 16.3 Å². The number of fused-ring (bicyclic) bond motifs is 5. The van der Waals surface area contributed by atoms with Crippen LogP contribution in [0.4, 0.5) is 0 Å². The van der Waals surface area contributed by atoms with Crippen molar-refractivity contribution in [3.8, 4) is 0 Å². The second-order valence-electron chi connectivity index (χ2n) is 8.70. The quantitative estimate of drug-likeness (QED) is 0.392. The van der Waals surface area contributed by atoms with Crippen molar-refractivity contribution >= 4 is 44.9 Å². The Bertz CT molecular complexity index is 1080. The van der Waals surface area contributed by atoms with Gasteiger partial charge in [-0.1, -0.05) is 32.0 Å². The number of nitrogens with zero attached hydrogens (tertiary/aromatic N) is 4. The van der Waals surface area contributed by atoms with Gasteiger partial charge in [0.05, 0.1) is 11.1 Å². The third-order valence-corrected chi connectivity index (χ3v) is 8.23. The number of hydrogen-bond donors (Lipinski definition) is 0. The maximum absolute atomic E-state index is 12.4. The van der Waals surface area contributed by atoms with E-state index in [-0.39, 0.29) is 23.7 Å². The molecule has 0 atom stereocenters. The number of hydrogen-bond acceptors (Lipinski definition) is 7. The van der Waals surface area contributed by atoms with Crippen LogP contribution < -0.4 is 0 Å². The van der Waals surface area contributed by atoms with Gasteiger partial charge in [-0.2, -0.15) is 0 Å². The zero-order chi connectivity index (χ0) is 20.7. The fourth-order valence-corrected chi connectivity index (χ4v) is 6.65. The molecule has 0 saturated heterocycles. The number of thioether (sulfide) groups is 1. The molecule has 160 valence electrons. The third-order valence-electron chi connectivity index (χ3n) is 6.14. The number of aromatic nitrogens is 4. The van der Waals surface area contributed by atoms with Crippen LogP contribution in [0.1, 0.15) is 81.0 Å². The fourth-order valence-electron chi connectivity index (χ4n) is 4.66. The minimum atomic E-state index is -0.156. The largest absolute Gasteiger partial charge is 0.462 e. The summed E-state index contributed by atoms with van der Waals surface area (Å²) in [5.74, 6) is 1.30. The molecular weight excluding hydrogens is 416 g/mol. The number of esters is 1. The predicted molar refractivity (Wildman–Crippen MR) is 121 cm³/mol. The molecule has 3 aromatic heterocycles. The summed E-state index contributed by atoms with van der Waals surface area (Å²) in [5, 5.41) is 10.9. The Morgan fingerprint density at radius 2 is 1.97 bits per heavy atom. The first-order valence-electron chi connectivity index (χ1n) is 11.1. The Hall–Kier alpha value is -1.67. The predicted octanol–water partition coefficient (Wildman–Crippen LogP) is 5.31. The maximum Gasteiger partial charge on any atom is 0.316 e. The highest BCUT2D eigenvalue weighted by molar-refractivity contribution is 7.99. The van der Waals surface area contributed by atoms with Gasteiger partial charge in [-0.05, 0) is 56.9 Å². The monoisotopic (exact) mass is 444 g/mol. The van der Waals surface area contributed by atoms with Crippen molar-refractivity contribution in [1.29, 1.82) is 0 Å². The lowest BCUT2D eigenvalue weighted by atomic mass is 9.97. The molecule has 0 unspecified atom stereocenters. The van der Waals surface area contributed by atoms with Gasteiger partial charge >= 0.3 is 5.97 Å². The van der Waals surface area contributed by atoms with Gasteiger partial charge in [0.25, 0.3) is 0 Å². The van der Waals surface area contributed by atoms with Gasteiger partial charge in [-0.25, -0.2) is 4.98 Å². The van der Waals surface area contributed by atoms with Crippen molar-refractivity contribution in [1.82, 2.24) is 19.6 Å². The summed E-state index contributed by atoms with van der Waals surface area (Å²) >= 11 is 3.23. The van der Waals surface area contributed by atoms with Crippen LogP contribution >= 0.6 is 23.1 Å². The van der Waals surface area contributed by atoms with Gasteiger partial charge in [0.1, 0.15) is 16.8 Å². The molecule has 0 aliphatic heterocycles. The Morgan fingerprint density at radius 3 is 2.77 bits per heavy atom. The molecule has 2 aliphatic rings. The molecule has 0 aromatic carbocycles. The summed E-state index contributed by atoms with van der Waals surface area (Å²) in [7, 11) is 0. The minimum Gasteiger partial charge on any atom is -0.462 e. The van der Waals surface area contributed by atoms with Crippen molar-refractivity contribution < 1.29 is 9.53 Å². The third kappa shape index (κ3) is 3.73. The van der Waals surface area contributed by atoms with Crippen LogP contribution in [0.3, 0.4) is 0 Å². The summed E-state index contributed by atoms with van der Waals surface area (Å²) in [6, 6.07) is 0. The normalized spacial score (nSPS) is 17.7. The van der Waals surface area contributed by atoms with Crippen molar-refractivity contribution in [3.63, 3.8) is 0 Å². The number of rotatable bonds is 5. The molecule has 3 heterocycles. The van der Waals surface area contributed by atoms with Crippen molar-refractivity contribution in [2.45, 2.75) is 88.8 Å². The average Bonchev–Trinajstić information content (AvgIpc) is 3.33. The number of ether oxygens (including phenoxy) is 1.